The van der Waals surface area contributed by atoms with E-state index in [2.05, 4.69) is 37.3 Å². The van der Waals surface area contributed by atoms with Gasteiger partial charge in [0.25, 0.3) is 0 Å². The second-order valence-electron chi connectivity index (χ2n) is 27.6. The number of aromatic hydroxyl groups is 8. The van der Waals surface area contributed by atoms with Crippen LogP contribution in [0.2, 0.25) is 0 Å². The molecule has 708 valence electrons. The quantitative estimate of drug-likeness (QED) is 0.00809. The number of fused-ring (bicyclic) bond motifs is 6. The van der Waals surface area contributed by atoms with E-state index in [1.54, 1.807) is 69.6 Å². The van der Waals surface area contributed by atoms with Crippen molar-refractivity contribution in [3.8, 4) is 115 Å². The monoisotopic (exact) mass is 1960 g/mol. The van der Waals surface area contributed by atoms with Crippen LogP contribution in [0.4, 0.5) is 0 Å². The number of phenolic OH excluding ortho intramolecular Hbond substituents is 8. The van der Waals surface area contributed by atoms with Gasteiger partial charge < -0.3 is 180 Å². The minimum Gasteiger partial charge on any atom is -1.00 e. The number of thiophene rings is 6. The van der Waals surface area contributed by atoms with Crippen molar-refractivity contribution in [3.05, 3.63) is 160 Å². The molecule has 0 bridgehead atoms. The van der Waals surface area contributed by atoms with E-state index >= 15 is 0 Å². The van der Waals surface area contributed by atoms with Gasteiger partial charge in [0.05, 0.1) is 45.2 Å². The molecule has 8 atom stereocenters. The zero-order valence-corrected chi connectivity index (χ0v) is 81.5. The van der Waals surface area contributed by atoms with Crippen LogP contribution in [-0.2, 0) is 27.2 Å². The number of aldehydes is 1. The summed E-state index contributed by atoms with van der Waals surface area (Å²) in [5, 5.41) is 148. The van der Waals surface area contributed by atoms with Gasteiger partial charge >= 0.3 is 59.1 Å². The summed E-state index contributed by atoms with van der Waals surface area (Å²) >= 11 is 9.37. The molecule has 37 nitrogen and oxygen atoms in total. The fourth-order valence-electron chi connectivity index (χ4n) is 11.3. The van der Waals surface area contributed by atoms with Gasteiger partial charge in [-0.05, 0) is 96.7 Å². The Balaban J connectivity index is 0.000000524. The summed E-state index contributed by atoms with van der Waals surface area (Å²) in [6.07, 6.45) is 0.276. The molecule has 4 aromatic carbocycles. The number of carbonyl (C=O) groups excluding carboxylic acids is 1. The van der Waals surface area contributed by atoms with E-state index in [-0.39, 0.29) is 175 Å². The number of carbonyl (C=O) groups is 1. The minimum atomic E-state index is -0.795. The molecule has 0 saturated heterocycles. The SMILES string of the molecule is NCC(O)c1ccc(O)c(O)c1.NCCO.NCCON.NCCc1ccc(O)c(O)c1.O=CC1COc2cscc2O1.OCCNCC1COc2cscc2O1.Oc1ccc(C(O)CNCC2COc3cscc3O2)cc1O.Oc1ccc(CCNCC2COc3cscc3O2)cc1O.[B].[B].[H-].[H-].[Na+].[Na+].c1scc2c1OCC(CNCCOCCNCC1COc3cscc3O1)O2. The molecule has 27 N–H and O–H groups in total. The summed E-state index contributed by atoms with van der Waals surface area (Å²) in [6.45, 7) is 13.3. The largest absolute Gasteiger partial charge is 1.00 e. The number of phenols is 8. The number of rotatable bonds is 32. The molecule has 47 heteroatoms. The van der Waals surface area contributed by atoms with Gasteiger partial charge in [0.15, 0.2) is 127 Å². The maximum Gasteiger partial charge on any atom is 1.00 e. The fraction of sp³-hybridized carbons (Fsp3) is 0.417. The molecular formula is C84H116B2N10Na2O27S6. The predicted octanol–water partition coefficient (Wildman–Crippen LogP) is -0.771. The Labute approximate surface area is 834 Å². The summed E-state index contributed by atoms with van der Waals surface area (Å²) in [4.78, 5) is 14.4. The van der Waals surface area contributed by atoms with Crippen molar-refractivity contribution in [1.82, 2.24) is 26.6 Å². The Morgan fingerprint density at radius 1 is 0.374 bits per heavy atom. The second kappa shape index (κ2) is 65.8. The minimum absolute atomic E-state index is 0. The van der Waals surface area contributed by atoms with Crippen LogP contribution in [0.3, 0.4) is 0 Å². The Hall–Kier alpha value is -7.76. The van der Waals surface area contributed by atoms with Crippen LogP contribution < -0.4 is 171 Å². The van der Waals surface area contributed by atoms with Gasteiger partial charge in [0.2, 0.25) is 0 Å². The van der Waals surface area contributed by atoms with Crippen LogP contribution in [-0.4, -0.2) is 285 Å². The van der Waals surface area contributed by atoms with Crippen molar-refractivity contribution in [3.63, 3.8) is 0 Å². The molecular weight excluding hydrogens is 1840 g/mol. The van der Waals surface area contributed by atoms with E-state index in [0.29, 0.717) is 135 Å². The summed E-state index contributed by atoms with van der Waals surface area (Å²) in [6, 6.07) is 18.0. The number of ether oxygens (including phenoxy) is 13. The van der Waals surface area contributed by atoms with Gasteiger partial charge in [-0.1, -0.05) is 24.3 Å². The smallest absolute Gasteiger partial charge is 1.00 e. The van der Waals surface area contributed by atoms with Crippen molar-refractivity contribution >= 4 is 91.1 Å². The van der Waals surface area contributed by atoms with Crippen molar-refractivity contribution < 1.29 is 194 Å². The third-order valence-corrected chi connectivity index (χ3v) is 22.0. The number of hydrogen-bond donors (Lipinski definition) is 22. The molecule has 0 aliphatic carbocycles. The maximum atomic E-state index is 10.3. The summed E-state index contributed by atoms with van der Waals surface area (Å²) in [5.74, 6) is 13.0. The first-order valence-corrected chi connectivity index (χ1v) is 45.9. The number of benzene rings is 4. The Morgan fingerprint density at radius 2 is 0.687 bits per heavy atom. The molecule has 12 heterocycles. The van der Waals surface area contributed by atoms with Crippen molar-refractivity contribution in [1.29, 1.82) is 0 Å². The van der Waals surface area contributed by atoms with Crippen LogP contribution >= 0.6 is 68.0 Å². The number of aliphatic hydroxyl groups excluding tert-OH is 4. The molecule has 16 rings (SSSR count). The van der Waals surface area contributed by atoms with E-state index < -0.39 is 18.3 Å². The molecule has 0 amide bonds. The topological polar surface area (TPSA) is 579 Å². The van der Waals surface area contributed by atoms with E-state index in [1.165, 1.54) is 71.2 Å². The van der Waals surface area contributed by atoms with Crippen molar-refractivity contribution in [2.45, 2.75) is 61.7 Å². The van der Waals surface area contributed by atoms with Gasteiger partial charge in [-0.2, -0.15) is 0 Å². The number of nitrogens with two attached hydrogens (primary N) is 5. The fourth-order valence-corrected chi connectivity index (χ4v) is 15.3. The van der Waals surface area contributed by atoms with E-state index in [9.17, 15) is 35.4 Å². The first-order chi connectivity index (χ1) is 61.7. The summed E-state index contributed by atoms with van der Waals surface area (Å²) < 4.78 is 73.0. The summed E-state index contributed by atoms with van der Waals surface area (Å²) in [7, 11) is 0. The first-order valence-electron chi connectivity index (χ1n) is 40.2. The van der Waals surface area contributed by atoms with Crippen LogP contribution in [0.25, 0.3) is 0 Å². The molecule has 8 unspecified atom stereocenters. The predicted molar refractivity (Wildman–Crippen MR) is 497 cm³/mol. The first kappa shape index (κ1) is 116. The second-order valence-corrected chi connectivity index (χ2v) is 32.1. The average Bonchev–Trinajstić information content (AvgIpc) is 1.77. The number of hydrogen-bond acceptors (Lipinski definition) is 43. The maximum absolute atomic E-state index is 10.3. The van der Waals surface area contributed by atoms with E-state index in [0.717, 1.165) is 120 Å². The standard InChI is InChI=1S/C18H24N2O5S2.C15H17NO5S.C15H17NO4S.C9H13NO3S.C8H11NO3.C8H11NO2.C7H6O3S.C2H8N2O.C2H7NO.2B.2Na.2H/c1(19-5-13-7-22-15-9-26-11-17(15)24-13)3-21-4-2-20-6-14-8-23-16-10-27-12-18(16)25-14;17-11-2-1-9(3-12(11)18)13(19)5-16-4-10-6-20-14-7-22-8-15(14)21-10;17-12-2-1-10(5-13(12)18)3-4-16-6-11-7-19-14-8-21-9-15(14)20-11;11-2-1-10-3-7-4-12-8-5-14-6-9(8)13-7;9-4-8(12)5-1-2-6(10)7(11)3-5;9-4-3-6-1-2-7(10)8(11)5-6;8-1-5-2-9-6-3-11-4-7(6)10-5;3-1-2-5-4;3-1-2-4;;;;;;/h9-14,19-20H,1-8H2;1-3,7-8,10,13,16-19H,4-6H2;1-2,5,8-9,11,16-18H,3-4,6-7H2;5-7,10-11H,1-4H2;1-3,8,10-12H,4,9H2;1-2,5,10-11H,3-4,9H2;1,3-5H,2H2;1-4H2;4H,1-3H2;;;;;;/q;;;;;;;;;;;2*+1;2*-1. The molecule has 131 heavy (non-hydrogen) atoms. The van der Waals surface area contributed by atoms with Crippen LogP contribution in [0, 0.1) is 0 Å². The van der Waals surface area contributed by atoms with Gasteiger partial charge in [-0.3, -0.25) is 4.79 Å². The van der Waals surface area contributed by atoms with Gasteiger partial charge in [0, 0.05) is 160 Å². The zero-order chi connectivity index (χ0) is 90.9. The van der Waals surface area contributed by atoms with Crippen LogP contribution in [0.1, 0.15) is 37.3 Å². The van der Waals surface area contributed by atoms with Gasteiger partial charge in [-0.15, -0.1) is 68.0 Å². The van der Waals surface area contributed by atoms with Gasteiger partial charge in [0.1, 0.15) is 70.2 Å². The summed E-state index contributed by atoms with van der Waals surface area (Å²) in [5.41, 5.74) is 23.1. The molecule has 0 fully saturated rings. The normalized spacial score (nSPS) is 16.4. The molecule has 6 aliphatic heterocycles. The molecule has 0 saturated carbocycles. The van der Waals surface area contributed by atoms with Crippen molar-refractivity contribution in [2.24, 2.45) is 28.8 Å². The molecule has 10 aromatic rings. The van der Waals surface area contributed by atoms with E-state index in [1.807, 2.05) is 64.6 Å². The Bertz CT molecular complexity index is 4680. The Kier molecular flexibility index (Phi) is 58.0. The van der Waals surface area contributed by atoms with Crippen LogP contribution in [0.5, 0.6) is 115 Å². The van der Waals surface area contributed by atoms with Crippen LogP contribution in [0.15, 0.2) is 137 Å². The van der Waals surface area contributed by atoms with E-state index in [4.69, 9.17) is 115 Å². The number of aliphatic hydroxyl groups is 4. The average molecular weight is 1960 g/mol. The third kappa shape index (κ3) is 41.5. The zero-order valence-electron chi connectivity index (χ0n) is 74.6. The van der Waals surface area contributed by atoms with Crippen molar-refractivity contribution in [2.75, 3.05) is 164 Å². The third-order valence-electron chi connectivity index (χ3n) is 17.8. The molecule has 6 aliphatic rings. The van der Waals surface area contributed by atoms with Gasteiger partial charge in [-0.25, -0.2) is 5.90 Å². The molecule has 0 spiro atoms. The molecule has 6 aromatic heterocycles. The molecule has 6 radical (unpaired) electrons. The Morgan fingerprint density at radius 3 is 1.00 bits per heavy atom. The number of nitrogens with one attached hydrogen (secondary N) is 5.